The molecule has 0 amide bonds. The maximum atomic E-state index is 2.47. The van der Waals surface area contributed by atoms with Crippen LogP contribution in [-0.2, 0) is 5.41 Å². The summed E-state index contributed by atoms with van der Waals surface area (Å²) in [4.78, 5) is 2.47. The second-order valence-corrected chi connectivity index (χ2v) is 18.2. The van der Waals surface area contributed by atoms with Crippen LogP contribution in [0.5, 0.6) is 0 Å². The third-order valence-corrected chi connectivity index (χ3v) is 15.2. The van der Waals surface area contributed by atoms with E-state index in [2.05, 4.69) is 229 Å². The lowest BCUT2D eigenvalue weighted by molar-refractivity contribution is 0.794. The normalized spacial score (nSPS) is 13.2. The Labute approximate surface area is 369 Å². The topological polar surface area (TPSA) is 3.24 Å². The standard InChI is InChI=1S/C61H37NS/c1-2-16-45-43(14-1)44-15-3-4-17-46(44)52-36-40(32-34-47(45)52)62(39-30-28-38(29-31-39)42-22-13-27-59-60(42)51-21-8-12-26-58(51)63-59)41-33-35-57-53(37-41)50-20-7-11-25-56(50)61(57)54-23-9-5-18-48(54)49-19-6-10-24-55(49)61/h1-37H. The number of fused-ring (bicyclic) bond motifs is 19. The highest BCUT2D eigenvalue weighted by Crippen LogP contribution is 2.63. The lowest BCUT2D eigenvalue weighted by atomic mass is 9.70. The summed E-state index contributed by atoms with van der Waals surface area (Å²) in [6.45, 7) is 0. The maximum absolute atomic E-state index is 2.47. The zero-order valence-electron chi connectivity index (χ0n) is 34.2. The first-order valence-electron chi connectivity index (χ1n) is 21.8. The van der Waals surface area contributed by atoms with Gasteiger partial charge in [0.15, 0.2) is 0 Å². The second-order valence-electron chi connectivity index (χ2n) is 17.1. The van der Waals surface area contributed by atoms with E-state index in [0.29, 0.717) is 0 Å². The van der Waals surface area contributed by atoms with E-state index in [1.165, 1.54) is 108 Å². The van der Waals surface area contributed by atoms with E-state index < -0.39 is 0 Å². The van der Waals surface area contributed by atoms with E-state index in [4.69, 9.17) is 0 Å². The Morgan fingerprint density at radius 3 is 1.38 bits per heavy atom. The van der Waals surface area contributed by atoms with Gasteiger partial charge >= 0.3 is 0 Å². The molecule has 0 radical (unpaired) electrons. The summed E-state index contributed by atoms with van der Waals surface area (Å²) in [7, 11) is 0. The predicted molar refractivity (Wildman–Crippen MR) is 268 cm³/mol. The molecule has 0 unspecified atom stereocenters. The van der Waals surface area contributed by atoms with Crippen molar-refractivity contribution in [2.75, 3.05) is 4.90 Å². The van der Waals surface area contributed by atoms with E-state index in [0.717, 1.165) is 17.1 Å². The average Bonchev–Trinajstić information content (AvgIpc) is 3.99. The molecule has 1 spiro atoms. The summed E-state index contributed by atoms with van der Waals surface area (Å²) in [5, 5.41) is 10.3. The number of benzene rings is 11. The van der Waals surface area contributed by atoms with Crippen LogP contribution < -0.4 is 4.90 Å². The molecule has 0 saturated heterocycles. The van der Waals surface area contributed by atoms with Gasteiger partial charge in [-0.3, -0.25) is 0 Å². The molecular weight excluding hydrogens is 779 g/mol. The summed E-state index contributed by atoms with van der Waals surface area (Å²) in [5.74, 6) is 0. The van der Waals surface area contributed by atoms with Crippen molar-refractivity contribution in [2.45, 2.75) is 5.41 Å². The summed E-state index contributed by atoms with van der Waals surface area (Å²) in [6.07, 6.45) is 0. The summed E-state index contributed by atoms with van der Waals surface area (Å²) < 4.78 is 2.64. The van der Waals surface area contributed by atoms with Gasteiger partial charge in [-0.1, -0.05) is 176 Å². The van der Waals surface area contributed by atoms with Gasteiger partial charge < -0.3 is 4.90 Å². The van der Waals surface area contributed by atoms with Crippen molar-refractivity contribution in [3.05, 3.63) is 247 Å². The van der Waals surface area contributed by atoms with Crippen molar-refractivity contribution in [1.29, 1.82) is 0 Å². The molecule has 0 bridgehead atoms. The Balaban J connectivity index is 1.00. The molecule has 0 aliphatic heterocycles. The fourth-order valence-corrected chi connectivity index (χ4v) is 12.6. The van der Waals surface area contributed by atoms with Crippen LogP contribution in [-0.4, -0.2) is 0 Å². The van der Waals surface area contributed by atoms with Gasteiger partial charge in [-0.25, -0.2) is 0 Å². The van der Waals surface area contributed by atoms with Gasteiger partial charge in [-0.05, 0) is 136 Å². The molecule has 14 rings (SSSR count). The molecular formula is C61H37NS. The molecule has 11 aromatic carbocycles. The maximum Gasteiger partial charge on any atom is 0.0725 e. The lowest BCUT2D eigenvalue weighted by Gasteiger charge is -2.31. The Bertz CT molecular complexity index is 3790. The molecule has 0 fully saturated rings. The van der Waals surface area contributed by atoms with Crippen LogP contribution in [0, 0.1) is 0 Å². The molecule has 292 valence electrons. The Hall–Kier alpha value is -7.78. The minimum atomic E-state index is -0.389. The van der Waals surface area contributed by atoms with Crippen molar-refractivity contribution >= 4 is 80.9 Å². The van der Waals surface area contributed by atoms with Crippen LogP contribution in [0.25, 0.3) is 85.9 Å². The van der Waals surface area contributed by atoms with Crippen molar-refractivity contribution < 1.29 is 0 Å². The highest BCUT2D eigenvalue weighted by atomic mass is 32.1. The number of anilines is 3. The third kappa shape index (κ3) is 4.76. The second kappa shape index (κ2) is 13.1. The molecule has 1 aromatic heterocycles. The highest BCUT2D eigenvalue weighted by molar-refractivity contribution is 7.25. The Morgan fingerprint density at radius 2 is 0.730 bits per heavy atom. The SMILES string of the molecule is c1ccc2c(c1)-c1ccccc1C21c2ccccc2-c2cc(N(c3ccc(-c4cccc5sc6ccccc6c45)cc3)c3ccc4c5ccccc5c5ccccc5c4c3)ccc21. The van der Waals surface area contributed by atoms with Crippen LogP contribution in [0.1, 0.15) is 22.3 Å². The van der Waals surface area contributed by atoms with E-state index in [9.17, 15) is 0 Å². The van der Waals surface area contributed by atoms with Gasteiger partial charge in [0.2, 0.25) is 0 Å². The van der Waals surface area contributed by atoms with Crippen LogP contribution >= 0.6 is 11.3 Å². The van der Waals surface area contributed by atoms with Crippen LogP contribution in [0.3, 0.4) is 0 Å². The van der Waals surface area contributed by atoms with Crippen molar-refractivity contribution in [1.82, 2.24) is 0 Å². The van der Waals surface area contributed by atoms with Crippen LogP contribution in [0.15, 0.2) is 224 Å². The molecule has 2 aliphatic carbocycles. The predicted octanol–water partition coefficient (Wildman–Crippen LogP) is 17.0. The highest BCUT2D eigenvalue weighted by Gasteiger charge is 2.51. The summed E-state index contributed by atoms with van der Waals surface area (Å²) in [6, 6.07) is 84.1. The molecule has 2 aliphatic rings. The fourth-order valence-electron chi connectivity index (χ4n) is 11.5. The van der Waals surface area contributed by atoms with Crippen LogP contribution in [0.4, 0.5) is 17.1 Å². The molecule has 2 heteroatoms. The minimum Gasteiger partial charge on any atom is -0.310 e. The van der Waals surface area contributed by atoms with Gasteiger partial charge in [0.25, 0.3) is 0 Å². The Kier molecular flexibility index (Phi) is 7.26. The summed E-state index contributed by atoms with van der Waals surface area (Å²) in [5.41, 5.74) is 16.1. The molecule has 1 heterocycles. The van der Waals surface area contributed by atoms with Crippen molar-refractivity contribution in [3.8, 4) is 33.4 Å². The molecule has 0 atom stereocenters. The molecule has 0 N–H and O–H groups in total. The number of rotatable bonds is 4. The first-order chi connectivity index (χ1) is 31.3. The minimum absolute atomic E-state index is 0.389. The van der Waals surface area contributed by atoms with Gasteiger partial charge in [-0.2, -0.15) is 0 Å². The van der Waals surface area contributed by atoms with E-state index in [1.54, 1.807) is 0 Å². The molecule has 0 saturated carbocycles. The van der Waals surface area contributed by atoms with E-state index in [1.807, 2.05) is 11.3 Å². The third-order valence-electron chi connectivity index (χ3n) is 14.1. The van der Waals surface area contributed by atoms with Gasteiger partial charge in [0.1, 0.15) is 0 Å². The number of hydrogen-bond acceptors (Lipinski definition) is 2. The molecule has 1 nitrogen and oxygen atoms in total. The quantitative estimate of drug-likeness (QED) is 0.160. The fraction of sp³-hybridized carbons (Fsp3) is 0.0164. The zero-order chi connectivity index (χ0) is 41.2. The number of thiophene rings is 1. The molecule has 12 aromatic rings. The molecule has 63 heavy (non-hydrogen) atoms. The smallest absolute Gasteiger partial charge is 0.0725 e. The summed E-state index contributed by atoms with van der Waals surface area (Å²) >= 11 is 1.87. The monoisotopic (exact) mass is 815 g/mol. The van der Waals surface area contributed by atoms with Crippen molar-refractivity contribution in [2.24, 2.45) is 0 Å². The van der Waals surface area contributed by atoms with Crippen molar-refractivity contribution in [3.63, 3.8) is 0 Å². The number of nitrogens with zero attached hydrogens (tertiary/aromatic N) is 1. The van der Waals surface area contributed by atoms with E-state index >= 15 is 0 Å². The average molecular weight is 816 g/mol. The first kappa shape index (κ1) is 34.9. The largest absolute Gasteiger partial charge is 0.310 e. The lowest BCUT2D eigenvalue weighted by Crippen LogP contribution is -2.25. The van der Waals surface area contributed by atoms with Gasteiger partial charge in [0.05, 0.1) is 5.41 Å². The van der Waals surface area contributed by atoms with Gasteiger partial charge in [0, 0.05) is 37.2 Å². The van der Waals surface area contributed by atoms with Gasteiger partial charge in [-0.15, -0.1) is 11.3 Å². The Morgan fingerprint density at radius 1 is 0.286 bits per heavy atom. The first-order valence-corrected chi connectivity index (χ1v) is 22.7. The van der Waals surface area contributed by atoms with Crippen LogP contribution in [0.2, 0.25) is 0 Å². The zero-order valence-corrected chi connectivity index (χ0v) is 35.0. The van der Waals surface area contributed by atoms with E-state index in [-0.39, 0.29) is 5.41 Å². The number of hydrogen-bond donors (Lipinski definition) is 0.